The highest BCUT2D eigenvalue weighted by Gasteiger charge is 2.10. The van der Waals surface area contributed by atoms with Crippen LogP contribution in [0, 0.1) is 0 Å². The Labute approximate surface area is 99.1 Å². The van der Waals surface area contributed by atoms with Gasteiger partial charge in [0.25, 0.3) is 0 Å². The van der Waals surface area contributed by atoms with Gasteiger partial charge in [0.05, 0.1) is 0 Å². The SMILES string of the molecule is CCCn1cnnc1-c1cc(Cl)ccc1N. The summed E-state index contributed by atoms with van der Waals surface area (Å²) in [5, 5.41) is 8.63. The molecule has 2 rings (SSSR count). The van der Waals surface area contributed by atoms with Crippen molar-refractivity contribution < 1.29 is 0 Å². The molecule has 0 aliphatic rings. The second-order valence-corrected chi connectivity index (χ2v) is 4.02. The minimum Gasteiger partial charge on any atom is -0.398 e. The number of anilines is 1. The zero-order valence-electron chi connectivity index (χ0n) is 9.02. The third-order valence-corrected chi connectivity index (χ3v) is 2.57. The van der Waals surface area contributed by atoms with Crippen LogP contribution in [0.1, 0.15) is 13.3 Å². The summed E-state index contributed by atoms with van der Waals surface area (Å²) < 4.78 is 1.97. The summed E-state index contributed by atoms with van der Waals surface area (Å²) in [5.74, 6) is 0.766. The maximum atomic E-state index is 5.95. The molecule has 4 nitrogen and oxygen atoms in total. The Morgan fingerprint density at radius 1 is 1.44 bits per heavy atom. The highest BCUT2D eigenvalue weighted by molar-refractivity contribution is 6.31. The maximum Gasteiger partial charge on any atom is 0.165 e. The Kier molecular flexibility index (Phi) is 3.10. The number of hydrogen-bond donors (Lipinski definition) is 1. The minimum atomic E-state index is 0.648. The van der Waals surface area contributed by atoms with Crippen molar-refractivity contribution >= 4 is 17.3 Å². The molecule has 1 aromatic carbocycles. The second-order valence-electron chi connectivity index (χ2n) is 3.58. The first-order valence-electron chi connectivity index (χ1n) is 5.15. The molecule has 0 bridgehead atoms. The Balaban J connectivity index is 2.49. The van der Waals surface area contributed by atoms with Crippen molar-refractivity contribution in [2.24, 2.45) is 0 Å². The van der Waals surface area contributed by atoms with Crippen LogP contribution in [0.25, 0.3) is 11.4 Å². The van der Waals surface area contributed by atoms with E-state index in [2.05, 4.69) is 17.1 Å². The topological polar surface area (TPSA) is 56.7 Å². The van der Waals surface area contributed by atoms with E-state index < -0.39 is 0 Å². The van der Waals surface area contributed by atoms with Gasteiger partial charge in [0, 0.05) is 22.8 Å². The summed E-state index contributed by atoms with van der Waals surface area (Å²) in [5.41, 5.74) is 7.40. The van der Waals surface area contributed by atoms with Crippen LogP contribution in [0.15, 0.2) is 24.5 Å². The van der Waals surface area contributed by atoms with Crippen molar-refractivity contribution in [2.75, 3.05) is 5.73 Å². The fraction of sp³-hybridized carbons (Fsp3) is 0.273. The quantitative estimate of drug-likeness (QED) is 0.834. The zero-order valence-corrected chi connectivity index (χ0v) is 9.78. The number of rotatable bonds is 3. The first-order valence-corrected chi connectivity index (χ1v) is 5.53. The molecule has 0 unspecified atom stereocenters. The molecule has 1 heterocycles. The van der Waals surface area contributed by atoms with Crippen molar-refractivity contribution in [2.45, 2.75) is 19.9 Å². The third kappa shape index (κ3) is 2.02. The van der Waals surface area contributed by atoms with E-state index in [0.29, 0.717) is 10.7 Å². The number of nitrogens with two attached hydrogens (primary N) is 1. The second kappa shape index (κ2) is 4.53. The summed E-state index contributed by atoms with van der Waals surface area (Å²) in [4.78, 5) is 0. The van der Waals surface area contributed by atoms with Gasteiger partial charge in [-0.25, -0.2) is 0 Å². The lowest BCUT2D eigenvalue weighted by atomic mass is 10.1. The minimum absolute atomic E-state index is 0.648. The molecule has 84 valence electrons. The molecule has 0 saturated carbocycles. The van der Waals surface area contributed by atoms with Crippen molar-refractivity contribution in [1.82, 2.24) is 14.8 Å². The Hall–Kier alpha value is -1.55. The molecular weight excluding hydrogens is 224 g/mol. The Bertz CT molecular complexity index is 492. The summed E-state index contributed by atoms with van der Waals surface area (Å²) in [7, 11) is 0. The van der Waals surface area contributed by atoms with E-state index in [4.69, 9.17) is 17.3 Å². The van der Waals surface area contributed by atoms with Crippen LogP contribution in [0.5, 0.6) is 0 Å². The van der Waals surface area contributed by atoms with Crippen molar-refractivity contribution in [1.29, 1.82) is 0 Å². The number of hydrogen-bond acceptors (Lipinski definition) is 3. The van der Waals surface area contributed by atoms with Gasteiger partial charge in [-0.2, -0.15) is 0 Å². The first-order chi connectivity index (χ1) is 7.72. The number of nitrogens with zero attached hydrogens (tertiary/aromatic N) is 3. The Morgan fingerprint density at radius 3 is 3.00 bits per heavy atom. The normalized spacial score (nSPS) is 10.6. The smallest absolute Gasteiger partial charge is 0.165 e. The number of halogens is 1. The molecule has 0 spiro atoms. The number of benzene rings is 1. The van der Waals surface area contributed by atoms with E-state index in [-0.39, 0.29) is 0 Å². The first kappa shape index (κ1) is 11.0. The molecule has 0 amide bonds. The van der Waals surface area contributed by atoms with Crippen molar-refractivity contribution in [3.05, 3.63) is 29.5 Å². The van der Waals surface area contributed by atoms with E-state index in [1.54, 1.807) is 18.5 Å². The van der Waals surface area contributed by atoms with Crippen LogP contribution in [-0.2, 0) is 6.54 Å². The van der Waals surface area contributed by atoms with Gasteiger partial charge < -0.3 is 10.3 Å². The highest BCUT2D eigenvalue weighted by atomic mass is 35.5. The molecule has 0 saturated heterocycles. The van der Waals surface area contributed by atoms with Crippen molar-refractivity contribution in [3.8, 4) is 11.4 Å². The lowest BCUT2D eigenvalue weighted by molar-refractivity contribution is 0.683. The van der Waals surface area contributed by atoms with E-state index in [1.165, 1.54) is 0 Å². The average molecular weight is 237 g/mol. The number of aryl methyl sites for hydroxylation is 1. The molecule has 2 aromatic rings. The molecular formula is C11H13ClN4. The summed E-state index contributed by atoms with van der Waals surface area (Å²) in [6.45, 7) is 2.97. The lowest BCUT2D eigenvalue weighted by Crippen LogP contribution is -2.00. The monoisotopic (exact) mass is 236 g/mol. The van der Waals surface area contributed by atoms with E-state index in [1.807, 2.05) is 10.6 Å². The molecule has 0 atom stereocenters. The van der Waals surface area contributed by atoms with Gasteiger partial charge in [-0.05, 0) is 24.6 Å². The van der Waals surface area contributed by atoms with E-state index in [0.717, 1.165) is 24.4 Å². The van der Waals surface area contributed by atoms with Gasteiger partial charge in [-0.3, -0.25) is 0 Å². The van der Waals surface area contributed by atoms with E-state index in [9.17, 15) is 0 Å². The van der Waals surface area contributed by atoms with E-state index >= 15 is 0 Å². The van der Waals surface area contributed by atoms with Crippen LogP contribution >= 0.6 is 11.6 Å². The average Bonchev–Trinajstić information content (AvgIpc) is 2.70. The van der Waals surface area contributed by atoms with Gasteiger partial charge in [0.15, 0.2) is 5.82 Å². The summed E-state index contributed by atoms with van der Waals surface area (Å²) in [6, 6.07) is 5.36. The highest BCUT2D eigenvalue weighted by Crippen LogP contribution is 2.27. The number of aromatic nitrogens is 3. The Morgan fingerprint density at radius 2 is 2.25 bits per heavy atom. The summed E-state index contributed by atoms with van der Waals surface area (Å²) in [6.07, 6.45) is 2.73. The van der Waals surface area contributed by atoms with Crippen LogP contribution in [0.2, 0.25) is 5.02 Å². The van der Waals surface area contributed by atoms with Gasteiger partial charge >= 0.3 is 0 Å². The molecule has 0 aliphatic carbocycles. The number of nitrogen functional groups attached to an aromatic ring is 1. The standard InChI is InChI=1S/C11H13ClN4/c1-2-5-16-7-14-15-11(16)9-6-8(12)3-4-10(9)13/h3-4,6-7H,2,5,13H2,1H3. The predicted octanol–water partition coefficient (Wildman–Crippen LogP) is 2.59. The third-order valence-electron chi connectivity index (χ3n) is 2.34. The van der Waals surface area contributed by atoms with Crippen LogP contribution in [0.3, 0.4) is 0 Å². The maximum absolute atomic E-state index is 5.95. The molecule has 5 heteroatoms. The van der Waals surface area contributed by atoms with Crippen LogP contribution in [-0.4, -0.2) is 14.8 Å². The van der Waals surface area contributed by atoms with Crippen LogP contribution < -0.4 is 5.73 Å². The lowest BCUT2D eigenvalue weighted by Gasteiger charge is -2.07. The fourth-order valence-corrected chi connectivity index (χ4v) is 1.76. The van der Waals surface area contributed by atoms with Gasteiger partial charge in [-0.1, -0.05) is 18.5 Å². The summed E-state index contributed by atoms with van der Waals surface area (Å²) >= 11 is 5.95. The van der Waals surface area contributed by atoms with Crippen LogP contribution in [0.4, 0.5) is 5.69 Å². The van der Waals surface area contributed by atoms with Gasteiger partial charge in [0.2, 0.25) is 0 Å². The molecule has 2 N–H and O–H groups in total. The van der Waals surface area contributed by atoms with Crippen molar-refractivity contribution in [3.63, 3.8) is 0 Å². The zero-order chi connectivity index (χ0) is 11.5. The fourth-order valence-electron chi connectivity index (χ4n) is 1.59. The molecule has 16 heavy (non-hydrogen) atoms. The largest absolute Gasteiger partial charge is 0.398 e. The van der Waals surface area contributed by atoms with Gasteiger partial charge in [-0.15, -0.1) is 10.2 Å². The molecule has 0 fully saturated rings. The predicted molar refractivity (Wildman–Crippen MR) is 65.2 cm³/mol. The molecule has 0 radical (unpaired) electrons. The van der Waals surface area contributed by atoms with Gasteiger partial charge in [0.1, 0.15) is 6.33 Å². The molecule has 0 aliphatic heterocycles. The molecule has 1 aromatic heterocycles.